The van der Waals surface area contributed by atoms with Gasteiger partial charge in [0.25, 0.3) is 0 Å². The number of nitrogens with zero attached hydrogens (tertiary/aromatic N) is 3. The summed E-state index contributed by atoms with van der Waals surface area (Å²) in [7, 11) is 3.44. The van der Waals surface area contributed by atoms with Crippen molar-refractivity contribution in [3.63, 3.8) is 0 Å². The van der Waals surface area contributed by atoms with Gasteiger partial charge in [0.15, 0.2) is 5.96 Å². The molecule has 2 N–H and O–H groups in total. The zero-order valence-corrected chi connectivity index (χ0v) is 21.5. The number of nitrogens with one attached hydrogen (secondary N) is 2. The molecule has 0 spiro atoms. The van der Waals surface area contributed by atoms with Crippen molar-refractivity contribution in [2.75, 3.05) is 40.3 Å². The molecule has 176 valence electrons. The van der Waals surface area contributed by atoms with Crippen LogP contribution in [0, 0.1) is 0 Å². The Balaban J connectivity index is 0.00000363. The highest BCUT2D eigenvalue weighted by Crippen LogP contribution is 2.22. The Morgan fingerprint density at radius 3 is 2.34 bits per heavy atom. The number of aromatic nitrogens is 1. The lowest BCUT2D eigenvalue weighted by atomic mass is 10.2. The number of aliphatic imine (C=N–C) groups is 1. The fourth-order valence-corrected chi connectivity index (χ4v) is 3.62. The number of halogens is 1. The SMILES string of the molecule is CN=C(NCCCN1CCCCCC1)NCc1ccc(Oc2ccc(OC)cc2)nc1.I. The first-order valence-corrected chi connectivity index (χ1v) is 11.2. The van der Waals surface area contributed by atoms with Crippen LogP contribution in [0.25, 0.3) is 0 Å². The van der Waals surface area contributed by atoms with E-state index in [1.807, 2.05) is 42.6 Å². The second kappa shape index (κ2) is 14.9. The number of ether oxygens (including phenoxy) is 2. The van der Waals surface area contributed by atoms with Gasteiger partial charge in [-0.3, -0.25) is 4.99 Å². The first-order valence-electron chi connectivity index (χ1n) is 11.2. The molecule has 2 heterocycles. The summed E-state index contributed by atoms with van der Waals surface area (Å²) < 4.78 is 10.9. The quantitative estimate of drug-likeness (QED) is 0.207. The van der Waals surface area contributed by atoms with E-state index in [1.165, 1.54) is 38.8 Å². The lowest BCUT2D eigenvalue weighted by Crippen LogP contribution is -2.38. The van der Waals surface area contributed by atoms with E-state index >= 15 is 0 Å². The van der Waals surface area contributed by atoms with Crippen molar-refractivity contribution in [2.45, 2.75) is 38.6 Å². The van der Waals surface area contributed by atoms with Crippen LogP contribution in [0.15, 0.2) is 47.6 Å². The van der Waals surface area contributed by atoms with Crippen molar-refractivity contribution in [3.05, 3.63) is 48.2 Å². The molecule has 1 aliphatic rings. The van der Waals surface area contributed by atoms with E-state index in [4.69, 9.17) is 9.47 Å². The van der Waals surface area contributed by atoms with E-state index in [9.17, 15) is 0 Å². The van der Waals surface area contributed by atoms with Crippen LogP contribution in [0.1, 0.15) is 37.7 Å². The van der Waals surface area contributed by atoms with Gasteiger partial charge in [-0.15, -0.1) is 24.0 Å². The Labute approximate surface area is 209 Å². The molecular formula is C24H36IN5O2. The van der Waals surface area contributed by atoms with Gasteiger partial charge in [-0.1, -0.05) is 18.9 Å². The Bertz CT molecular complexity index is 791. The van der Waals surface area contributed by atoms with Crippen LogP contribution in [0.5, 0.6) is 17.4 Å². The molecule has 0 saturated carbocycles. The van der Waals surface area contributed by atoms with E-state index in [0.717, 1.165) is 42.5 Å². The smallest absolute Gasteiger partial charge is 0.219 e. The zero-order chi connectivity index (χ0) is 21.7. The number of likely N-dealkylation sites (tertiary alicyclic amines) is 1. The van der Waals surface area contributed by atoms with Crippen LogP contribution in [-0.2, 0) is 6.54 Å². The molecule has 0 bridgehead atoms. The Morgan fingerprint density at radius 2 is 1.72 bits per heavy atom. The maximum atomic E-state index is 5.78. The second-order valence-electron chi connectivity index (χ2n) is 7.74. The van der Waals surface area contributed by atoms with E-state index < -0.39 is 0 Å². The molecule has 32 heavy (non-hydrogen) atoms. The third-order valence-electron chi connectivity index (χ3n) is 5.41. The monoisotopic (exact) mass is 553 g/mol. The summed E-state index contributed by atoms with van der Waals surface area (Å²) in [4.78, 5) is 11.3. The minimum Gasteiger partial charge on any atom is -0.497 e. The first kappa shape index (κ1) is 26.2. The van der Waals surface area contributed by atoms with Crippen molar-refractivity contribution >= 4 is 29.9 Å². The molecule has 0 amide bonds. The van der Waals surface area contributed by atoms with Crippen LogP contribution < -0.4 is 20.1 Å². The highest BCUT2D eigenvalue weighted by molar-refractivity contribution is 14.0. The van der Waals surface area contributed by atoms with E-state index in [-0.39, 0.29) is 24.0 Å². The molecule has 1 saturated heterocycles. The summed E-state index contributed by atoms with van der Waals surface area (Å²) >= 11 is 0. The molecule has 2 aromatic rings. The van der Waals surface area contributed by atoms with Gasteiger partial charge < -0.3 is 25.0 Å². The van der Waals surface area contributed by atoms with Crippen LogP contribution in [0.3, 0.4) is 0 Å². The van der Waals surface area contributed by atoms with E-state index in [0.29, 0.717) is 12.4 Å². The van der Waals surface area contributed by atoms with E-state index in [1.54, 1.807) is 14.2 Å². The van der Waals surface area contributed by atoms with Gasteiger partial charge in [0.2, 0.25) is 5.88 Å². The summed E-state index contributed by atoms with van der Waals surface area (Å²) in [5.74, 6) is 2.90. The Kier molecular flexibility index (Phi) is 12.2. The topological polar surface area (TPSA) is 71.0 Å². The Morgan fingerprint density at radius 1 is 1.00 bits per heavy atom. The van der Waals surface area contributed by atoms with Gasteiger partial charge in [0.05, 0.1) is 7.11 Å². The average molecular weight is 553 g/mol. The largest absolute Gasteiger partial charge is 0.497 e. The van der Waals surface area contributed by atoms with Gasteiger partial charge in [-0.2, -0.15) is 0 Å². The molecule has 1 fully saturated rings. The lowest BCUT2D eigenvalue weighted by molar-refractivity contribution is 0.282. The number of hydrogen-bond donors (Lipinski definition) is 2. The average Bonchev–Trinajstić information content (AvgIpc) is 3.09. The maximum Gasteiger partial charge on any atom is 0.219 e. The first-order chi connectivity index (χ1) is 15.3. The van der Waals surface area contributed by atoms with Crippen molar-refractivity contribution in [3.8, 4) is 17.4 Å². The van der Waals surface area contributed by atoms with Gasteiger partial charge in [0.1, 0.15) is 11.5 Å². The third-order valence-corrected chi connectivity index (χ3v) is 5.41. The molecule has 7 nitrogen and oxygen atoms in total. The molecule has 0 aliphatic carbocycles. The molecule has 3 rings (SSSR count). The van der Waals surface area contributed by atoms with Crippen molar-refractivity contribution in [1.82, 2.24) is 20.5 Å². The van der Waals surface area contributed by atoms with Crippen molar-refractivity contribution in [2.24, 2.45) is 4.99 Å². The molecule has 1 aromatic heterocycles. The predicted octanol–water partition coefficient (Wildman–Crippen LogP) is 4.43. The van der Waals surface area contributed by atoms with Gasteiger partial charge in [-0.05, 0) is 68.7 Å². The molecule has 0 radical (unpaired) electrons. The fraction of sp³-hybridized carbons (Fsp3) is 0.500. The number of pyridine rings is 1. The summed E-state index contributed by atoms with van der Waals surface area (Å²) in [5.41, 5.74) is 1.06. The molecule has 1 aromatic carbocycles. The molecule has 0 unspecified atom stereocenters. The third kappa shape index (κ3) is 9.20. The van der Waals surface area contributed by atoms with Crippen LogP contribution in [0.4, 0.5) is 0 Å². The summed E-state index contributed by atoms with van der Waals surface area (Å²) in [5, 5.41) is 6.75. The number of guanidine groups is 1. The number of methoxy groups -OCH3 is 1. The standard InChI is InChI=1S/C24H35N5O2.HI/c1-25-24(26-14-7-17-29-15-5-3-4-6-16-29)28-19-20-8-13-23(27-18-20)31-22-11-9-21(30-2)10-12-22;/h8-13,18H,3-7,14-17,19H2,1-2H3,(H2,25,26,28);1H. The van der Waals surface area contributed by atoms with Crippen molar-refractivity contribution in [1.29, 1.82) is 0 Å². The van der Waals surface area contributed by atoms with Gasteiger partial charge in [-0.25, -0.2) is 4.98 Å². The van der Waals surface area contributed by atoms with Crippen molar-refractivity contribution < 1.29 is 9.47 Å². The summed E-state index contributed by atoms with van der Waals surface area (Å²) in [6.45, 7) is 5.23. The normalized spacial score (nSPS) is 14.8. The van der Waals surface area contributed by atoms with E-state index in [2.05, 4.69) is 25.5 Å². The van der Waals surface area contributed by atoms with Gasteiger partial charge >= 0.3 is 0 Å². The second-order valence-corrected chi connectivity index (χ2v) is 7.74. The highest BCUT2D eigenvalue weighted by Gasteiger charge is 2.08. The molecule has 8 heteroatoms. The Hall–Kier alpha value is -2.07. The van der Waals surface area contributed by atoms with Crippen LogP contribution in [0.2, 0.25) is 0 Å². The van der Waals surface area contributed by atoms with Crippen LogP contribution >= 0.6 is 24.0 Å². The predicted molar refractivity (Wildman–Crippen MR) is 140 cm³/mol. The summed E-state index contributed by atoms with van der Waals surface area (Å²) in [6.07, 6.45) is 8.39. The minimum atomic E-state index is 0. The van der Waals surface area contributed by atoms with Crippen LogP contribution in [-0.4, -0.2) is 56.2 Å². The number of benzene rings is 1. The lowest BCUT2D eigenvalue weighted by Gasteiger charge is -2.20. The number of hydrogen-bond acceptors (Lipinski definition) is 5. The maximum absolute atomic E-state index is 5.78. The fourth-order valence-electron chi connectivity index (χ4n) is 3.62. The molecule has 0 atom stereocenters. The summed E-state index contributed by atoms with van der Waals surface area (Å²) in [6, 6.07) is 11.3. The molecular weight excluding hydrogens is 517 g/mol. The van der Waals surface area contributed by atoms with Gasteiger partial charge in [0, 0.05) is 32.4 Å². The number of rotatable bonds is 9. The minimum absolute atomic E-state index is 0. The molecule has 1 aliphatic heterocycles. The zero-order valence-electron chi connectivity index (χ0n) is 19.2. The highest BCUT2D eigenvalue weighted by atomic mass is 127.